The number of nitrogens with one attached hydrogen (secondary N) is 1. The summed E-state index contributed by atoms with van der Waals surface area (Å²) in [4.78, 5) is 24.4. The molecule has 0 fully saturated rings. The molecule has 0 radical (unpaired) electrons. The number of rotatable bonds is 46. The lowest BCUT2D eigenvalue weighted by Gasteiger charge is -2.20. The van der Waals surface area contributed by atoms with Gasteiger partial charge >= 0.3 is 5.97 Å². The molecule has 0 aliphatic heterocycles. The first-order valence-electron chi connectivity index (χ1n) is 25.3. The number of hydrogen-bond acceptors (Lipinski definition) is 5. The molecule has 58 heavy (non-hydrogen) atoms. The van der Waals surface area contributed by atoms with Gasteiger partial charge in [-0.3, -0.25) is 9.59 Å². The maximum Gasteiger partial charge on any atom is 0.305 e. The lowest BCUT2D eigenvalue weighted by atomic mass is 10.0. The second-order valence-corrected chi connectivity index (χ2v) is 17.1. The van der Waals surface area contributed by atoms with Crippen LogP contribution >= 0.6 is 0 Å². The summed E-state index contributed by atoms with van der Waals surface area (Å²) in [5.74, 6) is -0.151. The molecule has 340 valence electrons. The maximum absolute atomic E-state index is 12.4. The van der Waals surface area contributed by atoms with E-state index in [4.69, 9.17) is 4.74 Å². The second-order valence-electron chi connectivity index (χ2n) is 17.1. The van der Waals surface area contributed by atoms with Gasteiger partial charge in [-0.05, 0) is 83.5 Å². The highest BCUT2D eigenvalue weighted by Crippen LogP contribution is 2.15. The van der Waals surface area contributed by atoms with Crippen molar-refractivity contribution in [1.82, 2.24) is 5.32 Å². The maximum atomic E-state index is 12.4. The first-order valence-corrected chi connectivity index (χ1v) is 25.3. The van der Waals surface area contributed by atoms with Crippen LogP contribution in [0.15, 0.2) is 36.5 Å². The molecule has 6 heteroatoms. The number of amides is 1. The Morgan fingerprint density at radius 3 is 1.22 bits per heavy atom. The zero-order chi connectivity index (χ0) is 42.3. The monoisotopic (exact) mass is 816 g/mol. The molecule has 6 nitrogen and oxygen atoms in total. The first-order chi connectivity index (χ1) is 28.5. The smallest absolute Gasteiger partial charge is 0.305 e. The number of carbonyl (C=O) groups is 2. The highest BCUT2D eigenvalue weighted by atomic mass is 16.5. The molecule has 2 unspecified atom stereocenters. The predicted octanol–water partition coefficient (Wildman–Crippen LogP) is 14.9. The number of allylic oxidation sites excluding steroid dienone is 5. The van der Waals surface area contributed by atoms with Crippen molar-refractivity contribution in [2.45, 2.75) is 270 Å². The van der Waals surface area contributed by atoms with Crippen LogP contribution < -0.4 is 5.32 Å². The van der Waals surface area contributed by atoms with Gasteiger partial charge in [-0.2, -0.15) is 0 Å². The molecule has 2 atom stereocenters. The van der Waals surface area contributed by atoms with Crippen molar-refractivity contribution in [1.29, 1.82) is 0 Å². The van der Waals surface area contributed by atoms with Crippen molar-refractivity contribution in [3.8, 4) is 0 Å². The molecule has 0 aliphatic carbocycles. The Balaban J connectivity index is 3.57. The summed E-state index contributed by atoms with van der Waals surface area (Å²) in [6, 6.07) is -0.653. The van der Waals surface area contributed by atoms with Crippen molar-refractivity contribution >= 4 is 11.9 Å². The minimum Gasteiger partial charge on any atom is -0.466 e. The quantitative estimate of drug-likeness (QED) is 0.0323. The Hall–Kier alpha value is -1.92. The molecule has 0 bridgehead atoms. The fourth-order valence-corrected chi connectivity index (χ4v) is 7.44. The molecule has 0 heterocycles. The van der Waals surface area contributed by atoms with Gasteiger partial charge in [0.25, 0.3) is 0 Å². The van der Waals surface area contributed by atoms with Gasteiger partial charge in [0.05, 0.1) is 25.4 Å². The zero-order valence-corrected chi connectivity index (χ0v) is 38.5. The Kier molecular flexibility index (Phi) is 46.2. The third-order valence-corrected chi connectivity index (χ3v) is 11.4. The summed E-state index contributed by atoms with van der Waals surface area (Å²) >= 11 is 0. The van der Waals surface area contributed by atoms with E-state index in [-0.39, 0.29) is 18.5 Å². The van der Waals surface area contributed by atoms with Gasteiger partial charge < -0.3 is 20.3 Å². The van der Waals surface area contributed by atoms with E-state index < -0.39 is 12.1 Å². The molecular formula is C52H97NO5. The highest BCUT2D eigenvalue weighted by molar-refractivity contribution is 5.76. The summed E-state index contributed by atoms with van der Waals surface area (Å²) in [6.45, 7) is 4.80. The van der Waals surface area contributed by atoms with Crippen LogP contribution in [0.25, 0.3) is 0 Å². The van der Waals surface area contributed by atoms with Gasteiger partial charge in [-0.25, -0.2) is 0 Å². The van der Waals surface area contributed by atoms with Crippen LogP contribution in [-0.2, 0) is 14.3 Å². The molecular weight excluding hydrogens is 719 g/mol. The Labute approximate surface area is 360 Å². The van der Waals surface area contributed by atoms with Crippen LogP contribution in [0.2, 0.25) is 0 Å². The number of esters is 1. The summed E-state index contributed by atoms with van der Waals surface area (Å²) in [6.07, 6.45) is 57.1. The average molecular weight is 816 g/mol. The van der Waals surface area contributed by atoms with Gasteiger partial charge in [-0.15, -0.1) is 0 Å². The number of ether oxygens (including phenoxy) is 1. The van der Waals surface area contributed by atoms with Crippen LogP contribution in [0.5, 0.6) is 0 Å². The molecule has 0 rings (SSSR count). The van der Waals surface area contributed by atoms with Gasteiger partial charge in [0.2, 0.25) is 5.91 Å². The predicted molar refractivity (Wildman–Crippen MR) is 250 cm³/mol. The van der Waals surface area contributed by atoms with Crippen LogP contribution in [0, 0.1) is 0 Å². The van der Waals surface area contributed by atoms with Gasteiger partial charge in [0.15, 0.2) is 0 Å². The number of aliphatic hydroxyl groups excluding tert-OH is 2. The van der Waals surface area contributed by atoms with E-state index in [0.29, 0.717) is 19.4 Å². The standard InChI is InChI=1S/C52H97NO5/c1-3-5-7-9-11-13-15-17-19-21-23-25-30-34-38-42-46-52(57)58-47-43-39-35-31-27-26-29-33-37-41-45-51(56)53-49(48-54)50(55)44-40-36-32-28-24-22-20-18-16-14-12-10-8-6-4-2/h19,21,27,31,40,44,49-50,54-55H,3-18,20,22-26,28-30,32-39,41-43,45-48H2,1-2H3,(H,53,56)/b21-19-,31-27-,44-40+. The van der Waals surface area contributed by atoms with Crippen LogP contribution in [0.3, 0.4) is 0 Å². The van der Waals surface area contributed by atoms with E-state index in [0.717, 1.165) is 77.0 Å². The third kappa shape index (κ3) is 43.7. The van der Waals surface area contributed by atoms with E-state index in [9.17, 15) is 19.8 Å². The summed E-state index contributed by atoms with van der Waals surface area (Å²) < 4.78 is 5.43. The van der Waals surface area contributed by atoms with Gasteiger partial charge in [0, 0.05) is 12.8 Å². The van der Waals surface area contributed by atoms with Crippen molar-refractivity contribution in [3.63, 3.8) is 0 Å². The van der Waals surface area contributed by atoms with Crippen LogP contribution in [-0.4, -0.2) is 47.4 Å². The lowest BCUT2D eigenvalue weighted by molar-refractivity contribution is -0.143. The van der Waals surface area contributed by atoms with Gasteiger partial charge in [0.1, 0.15) is 0 Å². The van der Waals surface area contributed by atoms with Crippen molar-refractivity contribution in [2.75, 3.05) is 13.2 Å². The normalized spacial score (nSPS) is 13.0. The van der Waals surface area contributed by atoms with Crippen molar-refractivity contribution in [3.05, 3.63) is 36.5 Å². The summed E-state index contributed by atoms with van der Waals surface area (Å²) in [5, 5.41) is 23.0. The Morgan fingerprint density at radius 2 is 0.810 bits per heavy atom. The molecule has 0 aromatic rings. The molecule has 0 saturated carbocycles. The third-order valence-electron chi connectivity index (χ3n) is 11.4. The van der Waals surface area contributed by atoms with E-state index in [1.54, 1.807) is 6.08 Å². The highest BCUT2D eigenvalue weighted by Gasteiger charge is 2.18. The fourth-order valence-electron chi connectivity index (χ4n) is 7.44. The minimum absolute atomic E-state index is 0.0464. The first kappa shape index (κ1) is 56.1. The van der Waals surface area contributed by atoms with Crippen LogP contribution in [0.1, 0.15) is 258 Å². The van der Waals surface area contributed by atoms with Gasteiger partial charge in [-0.1, -0.05) is 198 Å². The Bertz CT molecular complexity index is 946. The number of unbranched alkanes of at least 4 members (excludes halogenated alkanes) is 31. The molecule has 1 amide bonds. The SMILES string of the molecule is CCCCCCCCC/C=C\CCCCCCCC(=O)OCCCC/C=C\CCCCCCC(=O)NC(CO)C(O)/C=C/CCCCCCCCCCCCCCC. The topological polar surface area (TPSA) is 95.9 Å². The number of carbonyl (C=O) groups excluding carboxylic acids is 2. The summed E-state index contributed by atoms with van der Waals surface area (Å²) in [5.41, 5.74) is 0. The fraction of sp³-hybridized carbons (Fsp3) is 0.846. The average Bonchev–Trinajstić information content (AvgIpc) is 3.22. The number of hydrogen-bond donors (Lipinski definition) is 3. The van der Waals surface area contributed by atoms with E-state index in [2.05, 4.69) is 43.5 Å². The largest absolute Gasteiger partial charge is 0.466 e. The molecule has 0 spiro atoms. The zero-order valence-electron chi connectivity index (χ0n) is 38.5. The lowest BCUT2D eigenvalue weighted by Crippen LogP contribution is -2.45. The number of aliphatic hydroxyl groups is 2. The van der Waals surface area contributed by atoms with E-state index in [1.165, 1.54) is 154 Å². The van der Waals surface area contributed by atoms with E-state index in [1.807, 2.05) is 6.08 Å². The molecule has 0 aromatic heterocycles. The molecule has 0 saturated heterocycles. The Morgan fingerprint density at radius 1 is 0.466 bits per heavy atom. The van der Waals surface area contributed by atoms with Crippen LogP contribution in [0.4, 0.5) is 0 Å². The summed E-state index contributed by atoms with van der Waals surface area (Å²) in [7, 11) is 0. The van der Waals surface area contributed by atoms with E-state index >= 15 is 0 Å². The molecule has 3 N–H and O–H groups in total. The molecule has 0 aromatic carbocycles. The second kappa shape index (κ2) is 47.8. The molecule has 0 aliphatic rings. The van der Waals surface area contributed by atoms with Crippen molar-refractivity contribution in [2.24, 2.45) is 0 Å². The van der Waals surface area contributed by atoms with Crippen molar-refractivity contribution < 1.29 is 24.5 Å². The minimum atomic E-state index is -0.866.